The molecule has 1 amide bonds. The van der Waals surface area contributed by atoms with Crippen LogP contribution in [0.3, 0.4) is 0 Å². The molecule has 0 aliphatic carbocycles. The average Bonchev–Trinajstić information content (AvgIpc) is 2.63. The van der Waals surface area contributed by atoms with Crippen molar-refractivity contribution in [1.29, 1.82) is 0 Å². The Labute approximate surface area is 95.7 Å². The molecular weight excluding hydrogens is 188 g/mol. The van der Waals surface area contributed by atoms with E-state index in [0.29, 0.717) is 5.92 Å². The van der Waals surface area contributed by atoms with E-state index in [4.69, 9.17) is 0 Å². The van der Waals surface area contributed by atoms with Gasteiger partial charge >= 0.3 is 0 Å². The van der Waals surface area contributed by atoms with Gasteiger partial charge in [-0.3, -0.25) is 4.79 Å². The monoisotopic (exact) mass is 216 g/mol. The second kappa shape index (κ2) is 7.69. The molecular formula is C12H28N2O. The molecule has 1 aliphatic rings. The fourth-order valence-corrected chi connectivity index (χ4v) is 1.64. The first-order valence-electron chi connectivity index (χ1n) is 6.06. The largest absolute Gasteiger partial charge is 0.356 e. The van der Waals surface area contributed by atoms with E-state index in [1.807, 2.05) is 27.7 Å². The van der Waals surface area contributed by atoms with Crippen molar-refractivity contribution in [3.8, 4) is 0 Å². The molecule has 1 saturated heterocycles. The lowest BCUT2D eigenvalue weighted by molar-refractivity contribution is -0.124. The predicted octanol–water partition coefficient (Wildman–Crippen LogP) is 1.98. The second-order valence-electron chi connectivity index (χ2n) is 4.32. The quantitative estimate of drug-likeness (QED) is 0.782. The lowest BCUT2D eigenvalue weighted by Gasteiger charge is -2.12. The Kier molecular flexibility index (Phi) is 7.39. The summed E-state index contributed by atoms with van der Waals surface area (Å²) < 4.78 is 0. The molecule has 3 nitrogen and oxygen atoms in total. The third-order valence-electron chi connectivity index (χ3n) is 2.58. The number of nitrogens with zero attached hydrogens (tertiary/aromatic N) is 1. The van der Waals surface area contributed by atoms with E-state index >= 15 is 0 Å². The summed E-state index contributed by atoms with van der Waals surface area (Å²) in [6, 6.07) is 0. The van der Waals surface area contributed by atoms with E-state index in [0.717, 1.165) is 13.1 Å². The van der Waals surface area contributed by atoms with Crippen LogP contribution in [0, 0.1) is 11.8 Å². The van der Waals surface area contributed by atoms with Gasteiger partial charge in [-0.2, -0.15) is 0 Å². The predicted molar refractivity (Wildman–Crippen MR) is 66.9 cm³/mol. The summed E-state index contributed by atoms with van der Waals surface area (Å²) in [5.74, 6) is 0.946. The molecule has 0 bridgehead atoms. The lowest BCUT2D eigenvalue weighted by Crippen LogP contribution is -2.33. The van der Waals surface area contributed by atoms with Crippen LogP contribution in [0.5, 0.6) is 0 Å². The SMILES string of the molecule is CC.CC(C)C(=O)NCC1CCN(C)C1.[HH]. The first-order chi connectivity index (χ1) is 7.09. The Morgan fingerprint density at radius 2 is 2.13 bits per heavy atom. The van der Waals surface area contributed by atoms with Gasteiger partial charge in [-0.1, -0.05) is 27.7 Å². The van der Waals surface area contributed by atoms with Gasteiger partial charge in [0.15, 0.2) is 0 Å². The van der Waals surface area contributed by atoms with Crippen molar-refractivity contribution in [1.82, 2.24) is 10.2 Å². The number of carbonyl (C=O) groups excluding carboxylic acids is 1. The van der Waals surface area contributed by atoms with Gasteiger partial charge in [0.05, 0.1) is 0 Å². The zero-order valence-electron chi connectivity index (χ0n) is 10.8. The maximum absolute atomic E-state index is 11.3. The minimum absolute atomic E-state index is 0. The van der Waals surface area contributed by atoms with E-state index in [2.05, 4.69) is 17.3 Å². The number of nitrogens with one attached hydrogen (secondary N) is 1. The van der Waals surface area contributed by atoms with Gasteiger partial charge in [0.1, 0.15) is 0 Å². The number of carbonyl (C=O) groups is 1. The molecule has 1 fully saturated rings. The summed E-state index contributed by atoms with van der Waals surface area (Å²) in [6.07, 6.45) is 1.22. The summed E-state index contributed by atoms with van der Waals surface area (Å²) in [7, 11) is 2.13. The van der Waals surface area contributed by atoms with Gasteiger partial charge in [-0.15, -0.1) is 0 Å². The smallest absolute Gasteiger partial charge is 0.222 e. The third kappa shape index (κ3) is 5.78. The molecule has 0 radical (unpaired) electrons. The summed E-state index contributed by atoms with van der Waals surface area (Å²) in [5.41, 5.74) is 0. The minimum Gasteiger partial charge on any atom is -0.356 e. The molecule has 92 valence electrons. The highest BCUT2D eigenvalue weighted by atomic mass is 16.1. The molecule has 1 aliphatic heterocycles. The molecule has 1 atom stereocenters. The Bertz CT molecular complexity index is 186. The molecule has 0 spiro atoms. The van der Waals surface area contributed by atoms with Crippen molar-refractivity contribution in [3.63, 3.8) is 0 Å². The number of hydrogen-bond donors (Lipinski definition) is 1. The Morgan fingerprint density at radius 1 is 1.53 bits per heavy atom. The molecule has 3 heteroatoms. The normalized spacial score (nSPS) is 21.1. The van der Waals surface area contributed by atoms with Gasteiger partial charge in [0.25, 0.3) is 0 Å². The van der Waals surface area contributed by atoms with Crippen molar-refractivity contribution in [2.75, 3.05) is 26.7 Å². The fourth-order valence-electron chi connectivity index (χ4n) is 1.64. The van der Waals surface area contributed by atoms with E-state index in [-0.39, 0.29) is 13.3 Å². The van der Waals surface area contributed by atoms with Crippen molar-refractivity contribution >= 4 is 5.91 Å². The minimum atomic E-state index is 0. The molecule has 0 saturated carbocycles. The van der Waals surface area contributed by atoms with E-state index < -0.39 is 0 Å². The van der Waals surface area contributed by atoms with Gasteiger partial charge in [0, 0.05) is 20.4 Å². The van der Waals surface area contributed by atoms with Crippen molar-refractivity contribution in [2.45, 2.75) is 34.1 Å². The lowest BCUT2D eigenvalue weighted by atomic mass is 10.1. The van der Waals surface area contributed by atoms with Crippen LogP contribution in [0.2, 0.25) is 0 Å². The zero-order chi connectivity index (χ0) is 11.8. The first-order valence-corrected chi connectivity index (χ1v) is 6.06. The third-order valence-corrected chi connectivity index (χ3v) is 2.58. The Morgan fingerprint density at radius 3 is 2.53 bits per heavy atom. The Hall–Kier alpha value is -0.570. The number of rotatable bonds is 3. The van der Waals surface area contributed by atoms with Crippen LogP contribution in [0.4, 0.5) is 0 Å². The van der Waals surface area contributed by atoms with Crippen LogP contribution >= 0.6 is 0 Å². The maximum atomic E-state index is 11.3. The summed E-state index contributed by atoms with van der Waals surface area (Å²) in [5, 5.41) is 2.98. The summed E-state index contributed by atoms with van der Waals surface area (Å²) in [4.78, 5) is 13.6. The molecule has 1 heterocycles. The highest BCUT2D eigenvalue weighted by molar-refractivity contribution is 5.77. The van der Waals surface area contributed by atoms with Crippen LogP contribution in [0.25, 0.3) is 0 Å². The van der Waals surface area contributed by atoms with Crippen molar-refractivity contribution in [2.24, 2.45) is 11.8 Å². The fraction of sp³-hybridized carbons (Fsp3) is 0.917. The highest BCUT2D eigenvalue weighted by Gasteiger charge is 2.19. The van der Waals surface area contributed by atoms with Gasteiger partial charge < -0.3 is 10.2 Å². The standard InChI is InChI=1S/C10H20N2O.C2H6.H2/c1-8(2)10(13)11-6-9-4-5-12(3)7-9;1-2;/h8-9H,4-7H2,1-3H3,(H,11,13);1-2H3;1H. The number of hydrogen-bond acceptors (Lipinski definition) is 2. The topological polar surface area (TPSA) is 32.3 Å². The van der Waals surface area contributed by atoms with Gasteiger partial charge in [-0.05, 0) is 25.9 Å². The van der Waals surface area contributed by atoms with Gasteiger partial charge in [-0.25, -0.2) is 0 Å². The Balaban J connectivity index is 0. The maximum Gasteiger partial charge on any atom is 0.222 e. The van der Waals surface area contributed by atoms with Crippen molar-refractivity contribution in [3.05, 3.63) is 0 Å². The average molecular weight is 216 g/mol. The van der Waals surface area contributed by atoms with Crippen LogP contribution in [-0.2, 0) is 4.79 Å². The summed E-state index contributed by atoms with van der Waals surface area (Å²) >= 11 is 0. The molecule has 1 N–H and O–H groups in total. The summed E-state index contributed by atoms with van der Waals surface area (Å²) in [6.45, 7) is 11.0. The molecule has 0 aromatic rings. The zero-order valence-corrected chi connectivity index (χ0v) is 10.8. The first kappa shape index (κ1) is 14.4. The molecule has 1 rings (SSSR count). The molecule has 0 aromatic heterocycles. The molecule has 0 aromatic carbocycles. The highest BCUT2D eigenvalue weighted by Crippen LogP contribution is 2.12. The van der Waals surface area contributed by atoms with E-state index in [1.165, 1.54) is 13.0 Å². The van der Waals surface area contributed by atoms with Crippen LogP contribution in [0.1, 0.15) is 35.5 Å². The molecule has 1 unspecified atom stereocenters. The van der Waals surface area contributed by atoms with Crippen molar-refractivity contribution < 1.29 is 6.22 Å². The van der Waals surface area contributed by atoms with Crippen LogP contribution in [-0.4, -0.2) is 37.5 Å². The van der Waals surface area contributed by atoms with Crippen LogP contribution in [0.15, 0.2) is 0 Å². The number of likely N-dealkylation sites (tertiary alicyclic amines) is 1. The van der Waals surface area contributed by atoms with E-state index in [9.17, 15) is 4.79 Å². The number of amides is 1. The van der Waals surface area contributed by atoms with Gasteiger partial charge in [0.2, 0.25) is 5.91 Å². The van der Waals surface area contributed by atoms with E-state index in [1.54, 1.807) is 0 Å². The van der Waals surface area contributed by atoms with Crippen LogP contribution < -0.4 is 5.32 Å². The second-order valence-corrected chi connectivity index (χ2v) is 4.32. The molecule has 15 heavy (non-hydrogen) atoms.